The van der Waals surface area contributed by atoms with E-state index in [-0.39, 0.29) is 24.0 Å². The Labute approximate surface area is 145 Å². The summed E-state index contributed by atoms with van der Waals surface area (Å²) in [5.74, 6) is 2.27. The van der Waals surface area contributed by atoms with Gasteiger partial charge in [0.15, 0.2) is 5.96 Å². The summed E-state index contributed by atoms with van der Waals surface area (Å²) in [6.45, 7) is 6.25. The third-order valence-electron chi connectivity index (χ3n) is 3.71. The highest BCUT2D eigenvalue weighted by atomic mass is 127. The van der Waals surface area contributed by atoms with Crippen LogP contribution in [0.5, 0.6) is 0 Å². The van der Waals surface area contributed by atoms with E-state index < -0.39 is 0 Å². The lowest BCUT2D eigenvalue weighted by Gasteiger charge is -2.22. The largest absolute Gasteiger partial charge is 0.356 e. The standard InChI is InChI=1S/C15H27N5.HI/c1-11(2)14-13(10-20(5)18-14)9-19(4)15(16-3)17-8-12-6-7-12;/h10-12H,6-9H2,1-5H3,(H,16,17);1H. The van der Waals surface area contributed by atoms with Crippen molar-refractivity contribution in [3.8, 4) is 0 Å². The van der Waals surface area contributed by atoms with Gasteiger partial charge >= 0.3 is 0 Å². The molecule has 1 aliphatic rings. The molecule has 0 spiro atoms. The van der Waals surface area contributed by atoms with Crippen LogP contribution in [0.2, 0.25) is 0 Å². The van der Waals surface area contributed by atoms with Crippen molar-refractivity contribution in [2.24, 2.45) is 18.0 Å². The molecule has 0 aliphatic heterocycles. The molecule has 1 aliphatic carbocycles. The number of nitrogens with zero attached hydrogens (tertiary/aromatic N) is 4. The number of aromatic nitrogens is 2. The molecule has 1 heterocycles. The van der Waals surface area contributed by atoms with E-state index in [2.05, 4.69) is 47.4 Å². The molecule has 2 rings (SSSR count). The summed E-state index contributed by atoms with van der Waals surface area (Å²) in [5.41, 5.74) is 2.45. The van der Waals surface area contributed by atoms with Gasteiger partial charge in [-0.3, -0.25) is 9.67 Å². The van der Waals surface area contributed by atoms with E-state index in [1.165, 1.54) is 24.1 Å². The topological polar surface area (TPSA) is 45.5 Å². The highest BCUT2D eigenvalue weighted by Crippen LogP contribution is 2.27. The minimum Gasteiger partial charge on any atom is -0.356 e. The summed E-state index contributed by atoms with van der Waals surface area (Å²) in [6, 6.07) is 0. The monoisotopic (exact) mass is 405 g/mol. The Balaban J connectivity index is 0.00000220. The lowest BCUT2D eigenvalue weighted by atomic mass is 10.1. The molecule has 0 amide bonds. The van der Waals surface area contributed by atoms with Crippen molar-refractivity contribution in [2.75, 3.05) is 20.6 Å². The zero-order valence-electron chi connectivity index (χ0n) is 13.8. The van der Waals surface area contributed by atoms with Crippen LogP contribution in [-0.4, -0.2) is 41.3 Å². The fraction of sp³-hybridized carbons (Fsp3) is 0.733. The first-order chi connectivity index (χ1) is 9.51. The second-order valence-corrected chi connectivity index (χ2v) is 6.10. The third kappa shape index (κ3) is 5.16. The molecule has 0 atom stereocenters. The van der Waals surface area contributed by atoms with Crippen molar-refractivity contribution in [3.05, 3.63) is 17.5 Å². The molecule has 1 aromatic heterocycles. The van der Waals surface area contributed by atoms with Crippen LogP contribution in [0.25, 0.3) is 0 Å². The van der Waals surface area contributed by atoms with E-state index in [0.717, 1.165) is 25.0 Å². The van der Waals surface area contributed by atoms with Crippen LogP contribution in [0, 0.1) is 5.92 Å². The number of hydrogen-bond donors (Lipinski definition) is 1. The number of aryl methyl sites for hydroxylation is 1. The van der Waals surface area contributed by atoms with Gasteiger partial charge < -0.3 is 10.2 Å². The minimum atomic E-state index is 0. The van der Waals surface area contributed by atoms with E-state index in [0.29, 0.717) is 5.92 Å². The van der Waals surface area contributed by atoms with E-state index in [9.17, 15) is 0 Å². The van der Waals surface area contributed by atoms with Crippen molar-refractivity contribution in [3.63, 3.8) is 0 Å². The van der Waals surface area contributed by atoms with Gasteiger partial charge in [0, 0.05) is 46.0 Å². The van der Waals surface area contributed by atoms with Crippen LogP contribution in [-0.2, 0) is 13.6 Å². The van der Waals surface area contributed by atoms with Gasteiger partial charge in [-0.15, -0.1) is 24.0 Å². The molecule has 0 unspecified atom stereocenters. The number of rotatable bonds is 5. The molecular weight excluding hydrogens is 377 g/mol. The van der Waals surface area contributed by atoms with Crippen molar-refractivity contribution < 1.29 is 0 Å². The fourth-order valence-corrected chi connectivity index (χ4v) is 2.44. The molecule has 0 saturated heterocycles. The maximum atomic E-state index is 4.56. The van der Waals surface area contributed by atoms with Crippen LogP contribution in [0.4, 0.5) is 0 Å². The van der Waals surface area contributed by atoms with Gasteiger partial charge in [-0.05, 0) is 24.7 Å². The number of aliphatic imine (C=N–C) groups is 1. The van der Waals surface area contributed by atoms with Gasteiger partial charge in [0.2, 0.25) is 0 Å². The first-order valence-corrected chi connectivity index (χ1v) is 7.45. The summed E-state index contributed by atoms with van der Waals surface area (Å²) in [4.78, 5) is 6.54. The molecule has 0 aromatic carbocycles. The molecule has 6 heteroatoms. The Morgan fingerprint density at radius 3 is 2.71 bits per heavy atom. The van der Waals surface area contributed by atoms with Crippen LogP contribution < -0.4 is 5.32 Å². The highest BCUT2D eigenvalue weighted by molar-refractivity contribution is 14.0. The SMILES string of the molecule is CN=C(NCC1CC1)N(C)Cc1cn(C)nc1C(C)C.I. The summed E-state index contributed by atoms with van der Waals surface area (Å²) in [6.07, 6.45) is 4.82. The Morgan fingerprint density at radius 1 is 1.52 bits per heavy atom. The molecule has 21 heavy (non-hydrogen) atoms. The zero-order chi connectivity index (χ0) is 14.7. The van der Waals surface area contributed by atoms with Gasteiger partial charge in [-0.1, -0.05) is 13.8 Å². The predicted octanol–water partition coefficient (Wildman–Crippen LogP) is 2.58. The summed E-state index contributed by atoms with van der Waals surface area (Å²) in [5, 5.41) is 8.02. The molecule has 1 fully saturated rings. The highest BCUT2D eigenvalue weighted by Gasteiger charge is 2.22. The minimum absolute atomic E-state index is 0. The molecule has 1 saturated carbocycles. The first-order valence-electron chi connectivity index (χ1n) is 7.45. The number of halogens is 1. The van der Waals surface area contributed by atoms with E-state index >= 15 is 0 Å². The molecule has 1 aromatic rings. The normalized spacial score (nSPS) is 15.0. The van der Waals surface area contributed by atoms with Crippen molar-refractivity contribution in [1.29, 1.82) is 0 Å². The Morgan fingerprint density at radius 2 is 2.19 bits per heavy atom. The molecule has 5 nitrogen and oxygen atoms in total. The number of hydrogen-bond acceptors (Lipinski definition) is 2. The average molecular weight is 405 g/mol. The molecule has 0 radical (unpaired) electrons. The van der Waals surface area contributed by atoms with Crippen molar-refractivity contribution >= 4 is 29.9 Å². The molecule has 120 valence electrons. The second kappa shape index (κ2) is 8.00. The van der Waals surface area contributed by atoms with Crippen LogP contribution in [0.15, 0.2) is 11.2 Å². The average Bonchev–Trinajstić information content (AvgIpc) is 3.13. The predicted molar refractivity (Wildman–Crippen MR) is 98.3 cm³/mol. The molecule has 0 bridgehead atoms. The molecule has 1 N–H and O–H groups in total. The Bertz CT molecular complexity index is 476. The van der Waals surface area contributed by atoms with Gasteiger partial charge in [-0.25, -0.2) is 0 Å². The van der Waals surface area contributed by atoms with Gasteiger partial charge in [0.1, 0.15) is 0 Å². The van der Waals surface area contributed by atoms with Crippen molar-refractivity contribution in [2.45, 2.75) is 39.2 Å². The zero-order valence-corrected chi connectivity index (χ0v) is 16.1. The fourth-order valence-electron chi connectivity index (χ4n) is 2.44. The lowest BCUT2D eigenvalue weighted by Crippen LogP contribution is -2.39. The first kappa shape index (κ1) is 18.3. The number of guanidine groups is 1. The summed E-state index contributed by atoms with van der Waals surface area (Å²) >= 11 is 0. The van der Waals surface area contributed by atoms with Crippen LogP contribution >= 0.6 is 24.0 Å². The quantitative estimate of drug-likeness (QED) is 0.466. The maximum absolute atomic E-state index is 4.56. The second-order valence-electron chi connectivity index (χ2n) is 6.10. The van der Waals surface area contributed by atoms with E-state index in [1.54, 1.807) is 0 Å². The third-order valence-corrected chi connectivity index (χ3v) is 3.71. The van der Waals surface area contributed by atoms with Crippen LogP contribution in [0.3, 0.4) is 0 Å². The van der Waals surface area contributed by atoms with Gasteiger partial charge in [0.05, 0.1) is 5.69 Å². The number of nitrogens with one attached hydrogen (secondary N) is 1. The van der Waals surface area contributed by atoms with E-state index in [1.807, 2.05) is 18.8 Å². The van der Waals surface area contributed by atoms with Crippen LogP contribution in [0.1, 0.15) is 43.9 Å². The van der Waals surface area contributed by atoms with Gasteiger partial charge in [-0.2, -0.15) is 5.10 Å². The van der Waals surface area contributed by atoms with E-state index in [4.69, 9.17) is 0 Å². The lowest BCUT2D eigenvalue weighted by molar-refractivity contribution is 0.471. The summed E-state index contributed by atoms with van der Waals surface area (Å²) in [7, 11) is 5.91. The summed E-state index contributed by atoms with van der Waals surface area (Å²) < 4.78 is 1.90. The Hall–Kier alpha value is -0.790. The van der Waals surface area contributed by atoms with Crippen molar-refractivity contribution in [1.82, 2.24) is 20.0 Å². The maximum Gasteiger partial charge on any atom is 0.193 e. The van der Waals surface area contributed by atoms with Gasteiger partial charge in [0.25, 0.3) is 0 Å². The Kier molecular flexibility index (Phi) is 6.96. The molecular formula is C15H28IN5. The smallest absolute Gasteiger partial charge is 0.193 e.